The number of nitrogens with one attached hydrogen (secondary N) is 1. The van der Waals surface area contributed by atoms with Crippen LogP contribution in [-0.4, -0.2) is 41.3 Å². The van der Waals surface area contributed by atoms with Gasteiger partial charge in [-0.25, -0.2) is 4.99 Å². The molecule has 1 aliphatic rings. The number of ether oxygens (including phenoxy) is 1. The average Bonchev–Trinajstić information content (AvgIpc) is 2.67. The fraction of sp³-hybridized carbons (Fsp3) is 0.211. The van der Waals surface area contributed by atoms with Crippen LogP contribution in [0.4, 0.5) is 11.4 Å². The Morgan fingerprint density at radius 2 is 1.89 bits per heavy atom. The molecule has 0 unspecified atom stereocenters. The van der Waals surface area contributed by atoms with Crippen molar-refractivity contribution < 1.29 is 14.3 Å². The van der Waals surface area contributed by atoms with Crippen LogP contribution in [-0.2, 0) is 9.59 Å². The van der Waals surface area contributed by atoms with E-state index in [4.69, 9.17) is 16.3 Å². The molecule has 6 nitrogen and oxygen atoms in total. The van der Waals surface area contributed by atoms with Gasteiger partial charge in [0.05, 0.1) is 12.8 Å². The number of thioether (sulfide) groups is 1. The van der Waals surface area contributed by atoms with Gasteiger partial charge in [-0.05, 0) is 48.5 Å². The highest BCUT2D eigenvalue weighted by Crippen LogP contribution is 2.29. The van der Waals surface area contributed by atoms with Crippen LogP contribution in [0.25, 0.3) is 0 Å². The number of halogens is 1. The van der Waals surface area contributed by atoms with E-state index >= 15 is 0 Å². The molecule has 0 spiro atoms. The largest absolute Gasteiger partial charge is 0.497 e. The van der Waals surface area contributed by atoms with Crippen LogP contribution in [0.5, 0.6) is 5.75 Å². The SMILES string of the molecule is COc1ccc(N=C2S[C@@H](C(=O)Nc3ccc(Cl)cc3)CC(=O)N2C)cc1. The molecular weight excluding hydrogens is 386 g/mol. The first-order valence-corrected chi connectivity index (χ1v) is 9.44. The Kier molecular flexibility index (Phi) is 6.03. The monoisotopic (exact) mass is 403 g/mol. The summed E-state index contributed by atoms with van der Waals surface area (Å²) in [6, 6.07) is 14.0. The molecule has 1 fully saturated rings. The minimum absolute atomic E-state index is 0.113. The number of hydrogen-bond acceptors (Lipinski definition) is 5. The van der Waals surface area contributed by atoms with Gasteiger partial charge in [0.15, 0.2) is 5.17 Å². The molecule has 2 aromatic rings. The van der Waals surface area contributed by atoms with E-state index in [0.29, 0.717) is 21.6 Å². The van der Waals surface area contributed by atoms with Crippen LogP contribution >= 0.6 is 23.4 Å². The number of nitrogens with zero attached hydrogens (tertiary/aromatic N) is 2. The number of carbonyl (C=O) groups is 2. The zero-order chi connectivity index (χ0) is 19.4. The number of hydrogen-bond donors (Lipinski definition) is 1. The van der Waals surface area contributed by atoms with E-state index in [1.807, 2.05) is 0 Å². The third-order valence-electron chi connectivity index (χ3n) is 3.97. The molecule has 1 saturated heterocycles. The molecule has 0 aromatic heterocycles. The van der Waals surface area contributed by atoms with Gasteiger partial charge in [-0.3, -0.25) is 14.5 Å². The molecule has 3 rings (SSSR count). The lowest BCUT2D eigenvalue weighted by Crippen LogP contribution is -2.43. The van der Waals surface area contributed by atoms with Crippen molar-refractivity contribution in [3.05, 3.63) is 53.6 Å². The zero-order valence-electron chi connectivity index (χ0n) is 14.8. The van der Waals surface area contributed by atoms with E-state index in [1.54, 1.807) is 62.7 Å². The molecule has 1 N–H and O–H groups in total. The Labute approximate surface area is 166 Å². The van der Waals surface area contributed by atoms with Crippen LogP contribution in [0.3, 0.4) is 0 Å². The number of aliphatic imine (C=N–C) groups is 1. The van der Waals surface area contributed by atoms with E-state index in [-0.39, 0.29) is 18.2 Å². The highest BCUT2D eigenvalue weighted by molar-refractivity contribution is 8.15. The topological polar surface area (TPSA) is 71.0 Å². The summed E-state index contributed by atoms with van der Waals surface area (Å²) in [5.41, 5.74) is 1.31. The minimum Gasteiger partial charge on any atom is -0.497 e. The molecule has 0 radical (unpaired) electrons. The maximum atomic E-state index is 12.6. The summed E-state index contributed by atoms with van der Waals surface area (Å²) in [6.45, 7) is 0. The molecule has 140 valence electrons. The van der Waals surface area contributed by atoms with Gasteiger partial charge >= 0.3 is 0 Å². The molecule has 0 saturated carbocycles. The van der Waals surface area contributed by atoms with Crippen molar-refractivity contribution in [2.75, 3.05) is 19.5 Å². The van der Waals surface area contributed by atoms with Gasteiger partial charge in [0.25, 0.3) is 0 Å². The van der Waals surface area contributed by atoms with Crippen LogP contribution in [0.1, 0.15) is 6.42 Å². The van der Waals surface area contributed by atoms with Gasteiger partial charge in [0.1, 0.15) is 11.0 Å². The average molecular weight is 404 g/mol. The second-order valence-corrected chi connectivity index (χ2v) is 7.46. The van der Waals surface area contributed by atoms with Crippen molar-refractivity contribution >= 4 is 51.7 Å². The van der Waals surface area contributed by atoms with E-state index in [2.05, 4.69) is 10.3 Å². The van der Waals surface area contributed by atoms with Crippen molar-refractivity contribution in [3.63, 3.8) is 0 Å². The maximum Gasteiger partial charge on any atom is 0.238 e. The molecule has 27 heavy (non-hydrogen) atoms. The standard InChI is InChI=1S/C19H18ClN3O3S/c1-23-17(24)11-16(18(25)21-13-5-3-12(20)4-6-13)27-19(23)22-14-7-9-15(26-2)10-8-14/h3-10,16H,11H2,1-2H3,(H,21,25)/t16-/m1/s1. The number of rotatable bonds is 4. The van der Waals surface area contributed by atoms with E-state index < -0.39 is 5.25 Å². The molecule has 1 heterocycles. The van der Waals surface area contributed by atoms with Gasteiger partial charge in [-0.2, -0.15) is 0 Å². The second-order valence-electron chi connectivity index (χ2n) is 5.85. The van der Waals surface area contributed by atoms with Gasteiger partial charge in [0.2, 0.25) is 11.8 Å². The Morgan fingerprint density at radius 1 is 1.22 bits per heavy atom. The van der Waals surface area contributed by atoms with Crippen molar-refractivity contribution in [1.82, 2.24) is 4.90 Å². The third-order valence-corrected chi connectivity index (χ3v) is 5.46. The minimum atomic E-state index is -0.554. The zero-order valence-corrected chi connectivity index (χ0v) is 16.4. The summed E-state index contributed by atoms with van der Waals surface area (Å²) < 4.78 is 5.13. The van der Waals surface area contributed by atoms with Crippen molar-refractivity contribution in [3.8, 4) is 5.75 Å². The predicted octanol–water partition coefficient (Wildman–Crippen LogP) is 3.94. The Morgan fingerprint density at radius 3 is 2.52 bits per heavy atom. The summed E-state index contributed by atoms with van der Waals surface area (Å²) in [7, 11) is 3.25. The van der Waals surface area contributed by atoms with E-state index in [9.17, 15) is 9.59 Å². The molecule has 8 heteroatoms. The molecule has 0 aliphatic carbocycles. The summed E-state index contributed by atoms with van der Waals surface area (Å²) in [4.78, 5) is 30.9. The van der Waals surface area contributed by atoms with Gasteiger partial charge in [-0.15, -0.1) is 0 Å². The predicted molar refractivity (Wildman–Crippen MR) is 109 cm³/mol. The third kappa shape index (κ3) is 4.81. The number of benzene rings is 2. The number of methoxy groups -OCH3 is 1. The highest BCUT2D eigenvalue weighted by atomic mass is 35.5. The molecule has 1 atom stereocenters. The summed E-state index contributed by atoms with van der Waals surface area (Å²) in [5, 5.41) is 3.33. The fourth-order valence-electron chi connectivity index (χ4n) is 2.42. The molecule has 1 aliphatic heterocycles. The van der Waals surface area contributed by atoms with Crippen LogP contribution < -0.4 is 10.1 Å². The Balaban J connectivity index is 1.75. The molecule has 0 bridgehead atoms. The fourth-order valence-corrected chi connectivity index (χ4v) is 3.61. The second kappa shape index (κ2) is 8.45. The van der Waals surface area contributed by atoms with E-state index in [0.717, 1.165) is 5.75 Å². The lowest BCUT2D eigenvalue weighted by molar-refractivity contribution is -0.128. The Hall–Kier alpha value is -2.51. The normalized spacial score (nSPS) is 18.5. The quantitative estimate of drug-likeness (QED) is 0.839. The van der Waals surface area contributed by atoms with Gasteiger partial charge in [0, 0.05) is 24.2 Å². The summed E-state index contributed by atoms with van der Waals surface area (Å²) >= 11 is 7.12. The number of amidine groups is 1. The smallest absolute Gasteiger partial charge is 0.238 e. The lowest BCUT2D eigenvalue weighted by atomic mass is 10.2. The van der Waals surface area contributed by atoms with Gasteiger partial charge < -0.3 is 10.1 Å². The van der Waals surface area contributed by atoms with Crippen molar-refractivity contribution in [2.24, 2.45) is 4.99 Å². The van der Waals surface area contributed by atoms with Gasteiger partial charge in [-0.1, -0.05) is 23.4 Å². The first kappa shape index (κ1) is 19.3. The lowest BCUT2D eigenvalue weighted by Gasteiger charge is -2.28. The highest BCUT2D eigenvalue weighted by Gasteiger charge is 2.34. The Bertz CT molecular complexity index is 869. The number of anilines is 1. The first-order chi connectivity index (χ1) is 13.0. The number of carbonyl (C=O) groups excluding carboxylic acids is 2. The molecule has 2 aromatic carbocycles. The van der Waals surface area contributed by atoms with Crippen molar-refractivity contribution in [1.29, 1.82) is 0 Å². The maximum absolute atomic E-state index is 12.6. The van der Waals surface area contributed by atoms with Crippen LogP contribution in [0.2, 0.25) is 5.02 Å². The number of amides is 2. The first-order valence-electron chi connectivity index (χ1n) is 8.18. The van der Waals surface area contributed by atoms with Crippen LogP contribution in [0, 0.1) is 0 Å². The van der Waals surface area contributed by atoms with E-state index in [1.165, 1.54) is 16.7 Å². The molecular formula is C19H18ClN3O3S. The van der Waals surface area contributed by atoms with Crippen LogP contribution in [0.15, 0.2) is 53.5 Å². The summed E-state index contributed by atoms with van der Waals surface area (Å²) in [6.07, 6.45) is 0.113. The molecule has 2 amide bonds. The summed E-state index contributed by atoms with van der Waals surface area (Å²) in [5.74, 6) is 0.323. The van der Waals surface area contributed by atoms with Crippen molar-refractivity contribution in [2.45, 2.75) is 11.7 Å².